The summed E-state index contributed by atoms with van der Waals surface area (Å²) in [7, 11) is 1.57. The standard InChI is InChI=1S/C16H25N3O3/c1-4-19(5-2)11-10-17-15(20)12-18-16(21)13-6-8-14(22-3)9-7-13/h6-9H,4-5,10-12H2,1-3H3,(H,17,20)(H,18,21). The minimum atomic E-state index is -0.276. The predicted octanol–water partition coefficient (Wildman–Crippen LogP) is 0.883. The molecule has 0 radical (unpaired) electrons. The minimum absolute atomic E-state index is 0.0247. The second kappa shape index (κ2) is 9.78. The van der Waals surface area contributed by atoms with Crippen LogP contribution in [-0.2, 0) is 4.79 Å². The average molecular weight is 307 g/mol. The van der Waals surface area contributed by atoms with Crippen LogP contribution in [0, 0.1) is 0 Å². The predicted molar refractivity (Wildman–Crippen MR) is 86.1 cm³/mol. The first-order valence-corrected chi connectivity index (χ1v) is 7.52. The molecule has 0 fully saturated rings. The second-order valence-corrected chi connectivity index (χ2v) is 4.79. The molecule has 22 heavy (non-hydrogen) atoms. The summed E-state index contributed by atoms with van der Waals surface area (Å²) in [5, 5.41) is 5.39. The fraction of sp³-hybridized carbons (Fsp3) is 0.500. The van der Waals surface area contributed by atoms with Crippen LogP contribution in [0.2, 0.25) is 0 Å². The van der Waals surface area contributed by atoms with Gasteiger partial charge >= 0.3 is 0 Å². The fourth-order valence-corrected chi connectivity index (χ4v) is 1.96. The van der Waals surface area contributed by atoms with Crippen molar-refractivity contribution in [3.05, 3.63) is 29.8 Å². The molecule has 1 aromatic carbocycles. The molecule has 0 saturated heterocycles. The Morgan fingerprint density at radius 2 is 1.73 bits per heavy atom. The number of ether oxygens (including phenoxy) is 1. The molecule has 0 saturated carbocycles. The number of amides is 2. The van der Waals surface area contributed by atoms with Gasteiger partial charge in [0.1, 0.15) is 5.75 Å². The molecule has 2 amide bonds. The Morgan fingerprint density at radius 1 is 1.09 bits per heavy atom. The number of likely N-dealkylation sites (N-methyl/N-ethyl adjacent to an activating group) is 1. The molecular formula is C16H25N3O3. The van der Waals surface area contributed by atoms with Gasteiger partial charge in [-0.1, -0.05) is 13.8 Å². The summed E-state index contributed by atoms with van der Waals surface area (Å²) in [5.41, 5.74) is 0.497. The molecule has 0 atom stereocenters. The topological polar surface area (TPSA) is 70.7 Å². The van der Waals surface area contributed by atoms with Crippen molar-refractivity contribution in [1.29, 1.82) is 0 Å². The zero-order valence-corrected chi connectivity index (χ0v) is 13.5. The maximum Gasteiger partial charge on any atom is 0.251 e. The normalized spacial score (nSPS) is 10.4. The van der Waals surface area contributed by atoms with Crippen molar-refractivity contribution in [2.24, 2.45) is 0 Å². The van der Waals surface area contributed by atoms with E-state index in [2.05, 4.69) is 29.4 Å². The van der Waals surface area contributed by atoms with Crippen LogP contribution in [0.25, 0.3) is 0 Å². The summed E-state index contributed by atoms with van der Waals surface area (Å²) < 4.78 is 5.03. The van der Waals surface area contributed by atoms with Crippen molar-refractivity contribution in [2.45, 2.75) is 13.8 Å². The van der Waals surface area contributed by atoms with Crippen LogP contribution in [0.5, 0.6) is 5.75 Å². The Kier molecular flexibility index (Phi) is 7.99. The molecule has 1 rings (SSSR count). The van der Waals surface area contributed by atoms with Crippen LogP contribution in [0.1, 0.15) is 24.2 Å². The summed E-state index contributed by atoms with van der Waals surface area (Å²) >= 11 is 0. The van der Waals surface area contributed by atoms with Gasteiger partial charge < -0.3 is 20.3 Å². The van der Waals surface area contributed by atoms with Crippen LogP contribution in [0.3, 0.4) is 0 Å². The van der Waals surface area contributed by atoms with Gasteiger partial charge in [-0.05, 0) is 37.4 Å². The van der Waals surface area contributed by atoms with Gasteiger partial charge in [0.25, 0.3) is 5.91 Å². The first kappa shape index (κ1) is 18.0. The maximum absolute atomic E-state index is 11.9. The van der Waals surface area contributed by atoms with Gasteiger partial charge in [0.05, 0.1) is 13.7 Å². The maximum atomic E-state index is 11.9. The number of methoxy groups -OCH3 is 1. The zero-order valence-electron chi connectivity index (χ0n) is 13.5. The number of nitrogens with one attached hydrogen (secondary N) is 2. The molecule has 0 spiro atoms. The van der Waals surface area contributed by atoms with Crippen LogP contribution in [0.4, 0.5) is 0 Å². The zero-order chi connectivity index (χ0) is 16.4. The van der Waals surface area contributed by atoms with Crippen LogP contribution < -0.4 is 15.4 Å². The van der Waals surface area contributed by atoms with E-state index < -0.39 is 0 Å². The highest BCUT2D eigenvalue weighted by atomic mass is 16.5. The van der Waals surface area contributed by atoms with Crippen molar-refractivity contribution >= 4 is 11.8 Å². The molecule has 122 valence electrons. The molecule has 1 aromatic rings. The highest BCUT2D eigenvalue weighted by Crippen LogP contribution is 2.10. The van der Waals surface area contributed by atoms with E-state index in [1.165, 1.54) is 0 Å². The van der Waals surface area contributed by atoms with Crippen molar-refractivity contribution in [3.63, 3.8) is 0 Å². The Labute approximate surface area is 131 Å². The third kappa shape index (κ3) is 6.13. The van der Waals surface area contributed by atoms with E-state index >= 15 is 0 Å². The van der Waals surface area contributed by atoms with E-state index in [0.717, 1.165) is 19.6 Å². The lowest BCUT2D eigenvalue weighted by molar-refractivity contribution is -0.120. The number of hydrogen-bond acceptors (Lipinski definition) is 4. The Balaban J connectivity index is 2.29. The summed E-state index contributed by atoms with van der Waals surface area (Å²) in [6, 6.07) is 6.73. The summed E-state index contributed by atoms with van der Waals surface area (Å²) in [4.78, 5) is 25.8. The molecule has 0 unspecified atom stereocenters. The van der Waals surface area contributed by atoms with Gasteiger partial charge in [0.15, 0.2) is 0 Å². The summed E-state index contributed by atoms with van der Waals surface area (Å²) in [5.74, 6) is 0.223. The quantitative estimate of drug-likeness (QED) is 0.710. The smallest absolute Gasteiger partial charge is 0.251 e. The van der Waals surface area contributed by atoms with E-state index in [4.69, 9.17) is 4.74 Å². The van der Waals surface area contributed by atoms with Crippen LogP contribution in [-0.4, -0.2) is 56.5 Å². The first-order valence-electron chi connectivity index (χ1n) is 7.52. The first-order chi connectivity index (χ1) is 10.6. The third-order valence-electron chi connectivity index (χ3n) is 3.41. The largest absolute Gasteiger partial charge is 0.497 e. The van der Waals surface area contributed by atoms with E-state index in [-0.39, 0.29) is 18.4 Å². The molecule has 6 heteroatoms. The van der Waals surface area contributed by atoms with E-state index in [9.17, 15) is 9.59 Å². The molecule has 2 N–H and O–H groups in total. The molecule has 0 aliphatic heterocycles. The van der Waals surface area contributed by atoms with Crippen molar-refractivity contribution in [3.8, 4) is 5.75 Å². The number of carbonyl (C=O) groups excluding carboxylic acids is 2. The van der Waals surface area contributed by atoms with Crippen molar-refractivity contribution in [2.75, 3.05) is 39.8 Å². The van der Waals surface area contributed by atoms with Gasteiger partial charge in [-0.3, -0.25) is 9.59 Å². The fourth-order valence-electron chi connectivity index (χ4n) is 1.96. The molecule has 6 nitrogen and oxygen atoms in total. The monoisotopic (exact) mass is 307 g/mol. The van der Waals surface area contributed by atoms with E-state index in [0.29, 0.717) is 17.9 Å². The SMILES string of the molecule is CCN(CC)CCNC(=O)CNC(=O)c1ccc(OC)cc1. The van der Waals surface area contributed by atoms with Gasteiger partial charge in [0.2, 0.25) is 5.91 Å². The highest BCUT2D eigenvalue weighted by Gasteiger charge is 2.08. The number of nitrogens with zero attached hydrogens (tertiary/aromatic N) is 1. The molecule has 0 heterocycles. The summed E-state index contributed by atoms with van der Waals surface area (Å²) in [6.45, 7) is 7.45. The third-order valence-corrected chi connectivity index (χ3v) is 3.41. The van der Waals surface area contributed by atoms with Gasteiger partial charge in [0, 0.05) is 18.7 Å². The van der Waals surface area contributed by atoms with Crippen molar-refractivity contribution in [1.82, 2.24) is 15.5 Å². The summed E-state index contributed by atoms with van der Waals surface area (Å²) in [6.07, 6.45) is 0. The lowest BCUT2D eigenvalue weighted by atomic mass is 10.2. The Hall–Kier alpha value is -2.08. The number of hydrogen-bond donors (Lipinski definition) is 2. The minimum Gasteiger partial charge on any atom is -0.497 e. The Bertz CT molecular complexity index is 470. The van der Waals surface area contributed by atoms with E-state index in [1.54, 1.807) is 31.4 Å². The highest BCUT2D eigenvalue weighted by molar-refractivity contribution is 5.96. The van der Waals surface area contributed by atoms with Crippen LogP contribution >= 0.6 is 0 Å². The van der Waals surface area contributed by atoms with Gasteiger partial charge in [-0.2, -0.15) is 0 Å². The number of carbonyl (C=O) groups is 2. The molecule has 0 aliphatic rings. The molecule has 0 aliphatic carbocycles. The number of rotatable bonds is 9. The average Bonchev–Trinajstić information content (AvgIpc) is 2.56. The van der Waals surface area contributed by atoms with Gasteiger partial charge in [-0.15, -0.1) is 0 Å². The van der Waals surface area contributed by atoms with Gasteiger partial charge in [-0.25, -0.2) is 0 Å². The number of benzene rings is 1. The van der Waals surface area contributed by atoms with Crippen molar-refractivity contribution < 1.29 is 14.3 Å². The molecule has 0 aromatic heterocycles. The molecule has 0 bridgehead atoms. The van der Waals surface area contributed by atoms with Crippen LogP contribution in [0.15, 0.2) is 24.3 Å². The lowest BCUT2D eigenvalue weighted by Crippen LogP contribution is -2.40. The second-order valence-electron chi connectivity index (χ2n) is 4.79. The molecular weight excluding hydrogens is 282 g/mol. The lowest BCUT2D eigenvalue weighted by Gasteiger charge is -2.17. The van der Waals surface area contributed by atoms with E-state index in [1.807, 2.05) is 0 Å². The Morgan fingerprint density at radius 3 is 2.27 bits per heavy atom.